The predicted octanol–water partition coefficient (Wildman–Crippen LogP) is 3.25. The van der Waals surface area contributed by atoms with Gasteiger partial charge in [-0.3, -0.25) is 4.79 Å². The van der Waals surface area contributed by atoms with Crippen LogP contribution in [0, 0.1) is 5.92 Å². The highest BCUT2D eigenvalue weighted by Gasteiger charge is 2.31. The summed E-state index contributed by atoms with van der Waals surface area (Å²) in [7, 11) is 0. The molecule has 0 saturated carbocycles. The average molecular weight is 310 g/mol. The molecule has 2 N–H and O–H groups in total. The van der Waals surface area contributed by atoms with E-state index in [9.17, 15) is 18.0 Å². The van der Waals surface area contributed by atoms with Gasteiger partial charge in [0.2, 0.25) is 0 Å². The van der Waals surface area contributed by atoms with Gasteiger partial charge in [-0.2, -0.15) is 13.2 Å². The molecule has 20 heavy (non-hydrogen) atoms. The van der Waals surface area contributed by atoms with E-state index >= 15 is 0 Å². The molecule has 0 amide bonds. The average Bonchev–Trinajstić information content (AvgIpc) is 2.38. The highest BCUT2D eigenvalue weighted by atomic mass is 35.5. The minimum Gasteiger partial charge on any atom is -0.481 e. The molecule has 2 unspecified atom stereocenters. The molecule has 3 nitrogen and oxygen atoms in total. The number of halogens is 4. The van der Waals surface area contributed by atoms with Crippen LogP contribution in [-0.2, 0) is 11.0 Å². The van der Waals surface area contributed by atoms with E-state index in [0.29, 0.717) is 24.9 Å². The number of aliphatic carboxylic acids is 1. The molecule has 112 valence electrons. The summed E-state index contributed by atoms with van der Waals surface area (Å²) in [6, 6.07) is 4.68. The van der Waals surface area contributed by atoms with Crippen LogP contribution < -0.4 is 5.32 Å². The molecule has 0 radical (unpaired) electrons. The van der Waals surface area contributed by atoms with Gasteiger partial charge in [-0.25, -0.2) is 0 Å². The zero-order valence-electron chi connectivity index (χ0n) is 10.5. The van der Waals surface area contributed by atoms with Crippen molar-refractivity contribution in [3.63, 3.8) is 0 Å². The standard InChI is InChI=1S/C13H14F3NO2.ClH/c14-13(15,16)10-3-1-8(2-4-10)11-7-9(12(18)19)5-6-17-11;/h1-4,9,11,17H,5-7H2,(H,18,19);1H. The van der Waals surface area contributed by atoms with Gasteiger partial charge >= 0.3 is 12.1 Å². The Morgan fingerprint density at radius 1 is 1.25 bits per heavy atom. The second kappa shape index (κ2) is 6.45. The Bertz CT molecular complexity index is 462. The topological polar surface area (TPSA) is 49.3 Å². The smallest absolute Gasteiger partial charge is 0.416 e. The lowest BCUT2D eigenvalue weighted by Crippen LogP contribution is -2.34. The van der Waals surface area contributed by atoms with Crippen molar-refractivity contribution in [2.75, 3.05) is 6.54 Å². The van der Waals surface area contributed by atoms with E-state index in [1.165, 1.54) is 12.1 Å². The van der Waals surface area contributed by atoms with Crippen molar-refractivity contribution in [3.05, 3.63) is 35.4 Å². The molecule has 1 heterocycles. The van der Waals surface area contributed by atoms with Crippen molar-refractivity contribution in [2.24, 2.45) is 5.92 Å². The van der Waals surface area contributed by atoms with E-state index in [0.717, 1.165) is 12.1 Å². The third-order valence-corrected chi connectivity index (χ3v) is 3.39. The molecular weight excluding hydrogens is 295 g/mol. The van der Waals surface area contributed by atoms with Crippen LogP contribution in [0.15, 0.2) is 24.3 Å². The molecule has 1 aromatic carbocycles. The fourth-order valence-corrected chi connectivity index (χ4v) is 2.30. The molecule has 1 aliphatic heterocycles. The molecular formula is C13H15ClF3NO2. The summed E-state index contributed by atoms with van der Waals surface area (Å²) in [6.07, 6.45) is -3.39. The number of benzene rings is 1. The first-order chi connectivity index (χ1) is 8.88. The third-order valence-electron chi connectivity index (χ3n) is 3.39. The molecule has 0 spiro atoms. The van der Waals surface area contributed by atoms with Crippen LogP contribution in [0.3, 0.4) is 0 Å². The van der Waals surface area contributed by atoms with Crippen molar-refractivity contribution < 1.29 is 23.1 Å². The lowest BCUT2D eigenvalue weighted by atomic mass is 9.88. The Morgan fingerprint density at radius 2 is 1.85 bits per heavy atom. The Morgan fingerprint density at radius 3 is 2.35 bits per heavy atom. The normalized spacial score (nSPS) is 22.9. The van der Waals surface area contributed by atoms with Crippen LogP contribution in [0.25, 0.3) is 0 Å². The minimum atomic E-state index is -4.35. The molecule has 7 heteroatoms. The predicted molar refractivity (Wildman–Crippen MR) is 69.8 cm³/mol. The highest BCUT2D eigenvalue weighted by Crippen LogP contribution is 2.32. The van der Waals surface area contributed by atoms with Crippen molar-refractivity contribution in [2.45, 2.75) is 25.1 Å². The number of carboxylic acid groups (broad SMARTS) is 1. The molecule has 1 aromatic rings. The van der Waals surface area contributed by atoms with Gasteiger partial charge in [-0.1, -0.05) is 12.1 Å². The van der Waals surface area contributed by atoms with Crippen LogP contribution in [-0.4, -0.2) is 17.6 Å². The molecule has 2 atom stereocenters. The Kier molecular flexibility index (Phi) is 5.42. The van der Waals surface area contributed by atoms with Crippen LogP contribution in [0.5, 0.6) is 0 Å². The number of hydrogen-bond acceptors (Lipinski definition) is 2. The van der Waals surface area contributed by atoms with E-state index in [1.54, 1.807) is 0 Å². The summed E-state index contributed by atoms with van der Waals surface area (Å²) in [6.45, 7) is 0.558. The Labute approximate surface area is 120 Å². The largest absolute Gasteiger partial charge is 0.481 e. The number of carboxylic acids is 1. The van der Waals surface area contributed by atoms with Gasteiger partial charge in [0.25, 0.3) is 0 Å². The molecule has 1 aliphatic rings. The zero-order chi connectivity index (χ0) is 14.0. The quantitative estimate of drug-likeness (QED) is 0.881. The second-order valence-electron chi connectivity index (χ2n) is 4.69. The van der Waals surface area contributed by atoms with Crippen LogP contribution in [0.4, 0.5) is 13.2 Å². The third kappa shape index (κ3) is 3.86. The molecule has 0 bridgehead atoms. The number of hydrogen-bond donors (Lipinski definition) is 2. The molecule has 1 saturated heterocycles. The van der Waals surface area contributed by atoms with Gasteiger partial charge in [0.1, 0.15) is 0 Å². The molecule has 0 aliphatic carbocycles. The zero-order valence-corrected chi connectivity index (χ0v) is 11.3. The molecule has 1 fully saturated rings. The number of nitrogens with one attached hydrogen (secondary N) is 1. The van der Waals surface area contributed by atoms with Gasteiger partial charge in [0.05, 0.1) is 11.5 Å². The fourth-order valence-electron chi connectivity index (χ4n) is 2.30. The Balaban J connectivity index is 0.00000200. The van der Waals surface area contributed by atoms with Gasteiger partial charge in [0, 0.05) is 6.04 Å². The summed E-state index contributed by atoms with van der Waals surface area (Å²) in [5, 5.41) is 12.1. The van der Waals surface area contributed by atoms with Crippen molar-refractivity contribution in [1.82, 2.24) is 5.32 Å². The Hall–Kier alpha value is -1.27. The maximum Gasteiger partial charge on any atom is 0.416 e. The van der Waals surface area contributed by atoms with E-state index in [2.05, 4.69) is 5.32 Å². The molecule has 0 aromatic heterocycles. The maximum atomic E-state index is 12.4. The monoisotopic (exact) mass is 309 g/mol. The first-order valence-corrected chi connectivity index (χ1v) is 6.01. The highest BCUT2D eigenvalue weighted by molar-refractivity contribution is 5.85. The van der Waals surface area contributed by atoms with Crippen molar-refractivity contribution in [1.29, 1.82) is 0 Å². The summed E-state index contributed by atoms with van der Waals surface area (Å²) in [4.78, 5) is 10.9. The van der Waals surface area contributed by atoms with Crippen LogP contribution in [0.1, 0.15) is 30.0 Å². The van der Waals surface area contributed by atoms with E-state index < -0.39 is 23.6 Å². The van der Waals surface area contributed by atoms with E-state index in [-0.39, 0.29) is 18.4 Å². The van der Waals surface area contributed by atoms with Gasteiger partial charge in [0.15, 0.2) is 0 Å². The first kappa shape index (κ1) is 16.8. The van der Waals surface area contributed by atoms with Gasteiger partial charge in [-0.05, 0) is 37.1 Å². The number of rotatable bonds is 2. The summed E-state index contributed by atoms with van der Waals surface area (Å²) in [5.41, 5.74) is 0.000735. The number of carbonyl (C=O) groups is 1. The first-order valence-electron chi connectivity index (χ1n) is 6.01. The lowest BCUT2D eigenvalue weighted by molar-refractivity contribution is -0.143. The summed E-state index contributed by atoms with van der Waals surface area (Å²) in [5.74, 6) is -1.29. The van der Waals surface area contributed by atoms with Gasteiger partial charge in [-0.15, -0.1) is 12.4 Å². The van der Waals surface area contributed by atoms with E-state index in [4.69, 9.17) is 5.11 Å². The minimum absolute atomic E-state index is 0. The fraction of sp³-hybridized carbons (Fsp3) is 0.462. The maximum absolute atomic E-state index is 12.4. The second-order valence-corrected chi connectivity index (χ2v) is 4.69. The van der Waals surface area contributed by atoms with Gasteiger partial charge < -0.3 is 10.4 Å². The SMILES string of the molecule is Cl.O=C(O)C1CCNC(c2ccc(C(F)(F)F)cc2)C1. The van der Waals surface area contributed by atoms with E-state index in [1.807, 2.05) is 0 Å². The number of piperidine rings is 1. The summed E-state index contributed by atoms with van der Waals surface area (Å²) >= 11 is 0. The van der Waals surface area contributed by atoms with Crippen molar-refractivity contribution in [3.8, 4) is 0 Å². The summed E-state index contributed by atoms with van der Waals surface area (Å²) < 4.78 is 37.3. The molecule has 2 rings (SSSR count). The van der Waals surface area contributed by atoms with Crippen molar-refractivity contribution >= 4 is 18.4 Å². The number of alkyl halides is 3. The van der Waals surface area contributed by atoms with Crippen LogP contribution >= 0.6 is 12.4 Å². The lowest BCUT2D eigenvalue weighted by Gasteiger charge is -2.28. The van der Waals surface area contributed by atoms with Crippen LogP contribution in [0.2, 0.25) is 0 Å².